The highest BCUT2D eigenvalue weighted by Gasteiger charge is 2.24. The summed E-state index contributed by atoms with van der Waals surface area (Å²) in [6, 6.07) is 9.96. The number of carbonyl (C=O) groups excluding carboxylic acids is 1. The number of nitrogens with zero attached hydrogens (tertiary/aromatic N) is 3. The molecule has 2 aromatic carbocycles. The molecule has 0 unspecified atom stereocenters. The van der Waals surface area contributed by atoms with E-state index in [1.54, 1.807) is 23.1 Å². The molecule has 1 aliphatic rings. The van der Waals surface area contributed by atoms with Crippen LogP contribution in [-0.4, -0.2) is 69.4 Å². The molecule has 1 aliphatic heterocycles. The molecule has 0 atom stereocenters. The molecule has 0 radical (unpaired) electrons. The van der Waals surface area contributed by atoms with E-state index in [1.165, 1.54) is 23.5 Å². The van der Waals surface area contributed by atoms with Crippen molar-refractivity contribution in [2.45, 2.75) is 17.7 Å². The zero-order valence-corrected chi connectivity index (χ0v) is 20.8. The lowest BCUT2D eigenvalue weighted by Crippen LogP contribution is -2.39. The summed E-state index contributed by atoms with van der Waals surface area (Å²) >= 11 is 7.45. The monoisotopic (exact) mass is 525 g/mol. The minimum absolute atomic E-state index is 0.00445. The summed E-state index contributed by atoms with van der Waals surface area (Å²) in [7, 11) is -3.73. The fraction of sp³-hybridized carbons (Fsp3) is 0.391. The van der Waals surface area contributed by atoms with E-state index < -0.39 is 15.7 Å². The molecule has 7 nitrogen and oxygen atoms in total. The third-order valence-electron chi connectivity index (χ3n) is 5.59. The van der Waals surface area contributed by atoms with Crippen molar-refractivity contribution in [2.24, 2.45) is 0 Å². The van der Waals surface area contributed by atoms with E-state index >= 15 is 0 Å². The Kier molecular flexibility index (Phi) is 8.15. The normalized spacial score (nSPS) is 15.0. The number of hydrogen-bond acceptors (Lipinski definition) is 7. The number of amides is 1. The molecule has 1 saturated heterocycles. The molecule has 11 heteroatoms. The van der Waals surface area contributed by atoms with E-state index in [1.807, 2.05) is 0 Å². The van der Waals surface area contributed by atoms with Crippen LogP contribution in [0.2, 0.25) is 5.02 Å². The van der Waals surface area contributed by atoms with Crippen molar-refractivity contribution in [3.05, 3.63) is 53.3 Å². The van der Waals surface area contributed by atoms with Gasteiger partial charge in [0.05, 0.1) is 34.1 Å². The number of hydrogen-bond donors (Lipinski definition) is 0. The molecule has 1 fully saturated rings. The standard InChI is InChI=1S/C23H25ClFN3O4S2/c24-17-2-7-20-21(16-17)33-23(26-20)28(10-1-9-27-11-13-32-14-12-27)22(29)8-15-34(30,31)19-5-3-18(25)4-6-19/h2-7,16H,1,8-15H2. The molecule has 0 N–H and O–H groups in total. The molecule has 34 heavy (non-hydrogen) atoms. The second-order valence-corrected chi connectivity index (χ2v) is 11.5. The van der Waals surface area contributed by atoms with Crippen molar-refractivity contribution < 1.29 is 22.3 Å². The largest absolute Gasteiger partial charge is 0.379 e. The average molecular weight is 526 g/mol. The molecule has 0 spiro atoms. The predicted octanol–water partition coefficient (Wildman–Crippen LogP) is 4.01. The summed E-state index contributed by atoms with van der Waals surface area (Å²) in [6.45, 7) is 4.32. The Morgan fingerprint density at radius 2 is 1.91 bits per heavy atom. The molecule has 0 bridgehead atoms. The van der Waals surface area contributed by atoms with Crippen molar-refractivity contribution in [1.29, 1.82) is 0 Å². The van der Waals surface area contributed by atoms with Crippen LogP contribution in [0.15, 0.2) is 47.4 Å². The van der Waals surface area contributed by atoms with Crippen molar-refractivity contribution in [3.8, 4) is 0 Å². The number of morpholine rings is 1. The third kappa shape index (κ3) is 6.31. The van der Waals surface area contributed by atoms with E-state index in [-0.39, 0.29) is 23.0 Å². The Morgan fingerprint density at radius 1 is 1.18 bits per heavy atom. The van der Waals surface area contributed by atoms with Crippen LogP contribution in [0, 0.1) is 5.82 Å². The maximum absolute atomic E-state index is 13.2. The SMILES string of the molecule is O=C(CCS(=O)(=O)c1ccc(F)cc1)N(CCCN1CCOCC1)c1nc2ccc(Cl)cc2s1. The van der Waals surface area contributed by atoms with Crippen LogP contribution in [0.25, 0.3) is 10.2 Å². The van der Waals surface area contributed by atoms with E-state index in [0.717, 1.165) is 42.0 Å². The Labute approximate surface area is 207 Å². The molecule has 2 heterocycles. The van der Waals surface area contributed by atoms with Crippen LogP contribution in [0.4, 0.5) is 9.52 Å². The van der Waals surface area contributed by atoms with Crippen LogP contribution < -0.4 is 4.90 Å². The molecule has 182 valence electrons. The summed E-state index contributed by atoms with van der Waals surface area (Å²) in [5.41, 5.74) is 0.731. The number of benzene rings is 2. The average Bonchev–Trinajstić information content (AvgIpc) is 3.24. The minimum Gasteiger partial charge on any atom is -0.379 e. The van der Waals surface area contributed by atoms with E-state index in [2.05, 4.69) is 9.88 Å². The van der Waals surface area contributed by atoms with Crippen molar-refractivity contribution >= 4 is 54.0 Å². The van der Waals surface area contributed by atoms with Gasteiger partial charge in [-0.05, 0) is 48.9 Å². The van der Waals surface area contributed by atoms with Gasteiger partial charge in [0.15, 0.2) is 15.0 Å². The van der Waals surface area contributed by atoms with Gasteiger partial charge in [-0.1, -0.05) is 22.9 Å². The number of halogens is 2. The Morgan fingerprint density at radius 3 is 2.65 bits per heavy atom. The second kappa shape index (κ2) is 11.1. The molecule has 3 aromatic rings. The number of fused-ring (bicyclic) bond motifs is 1. The summed E-state index contributed by atoms with van der Waals surface area (Å²) in [4.78, 5) is 21.6. The number of carbonyl (C=O) groups is 1. The number of thiazole rings is 1. The molecule has 1 amide bonds. The fourth-order valence-electron chi connectivity index (χ4n) is 3.72. The second-order valence-electron chi connectivity index (χ2n) is 7.98. The van der Waals surface area contributed by atoms with E-state index in [9.17, 15) is 17.6 Å². The number of rotatable bonds is 9. The van der Waals surface area contributed by atoms with Crippen molar-refractivity contribution in [2.75, 3.05) is 50.0 Å². The lowest BCUT2D eigenvalue weighted by molar-refractivity contribution is -0.118. The molecule has 0 aliphatic carbocycles. The van der Waals surface area contributed by atoms with Crippen LogP contribution in [0.5, 0.6) is 0 Å². The first-order valence-corrected chi connectivity index (χ1v) is 13.8. The maximum atomic E-state index is 13.2. The summed E-state index contributed by atoms with van der Waals surface area (Å²) in [5.74, 6) is -1.20. The van der Waals surface area contributed by atoms with Gasteiger partial charge in [0.25, 0.3) is 0 Å². The summed E-state index contributed by atoms with van der Waals surface area (Å²) in [6.07, 6.45) is 0.515. The Bertz CT molecular complexity index is 1240. The molecule has 1 aromatic heterocycles. The smallest absolute Gasteiger partial charge is 0.229 e. The molecular weight excluding hydrogens is 501 g/mol. The van der Waals surface area contributed by atoms with Crippen LogP contribution in [0.3, 0.4) is 0 Å². The number of aromatic nitrogens is 1. The summed E-state index contributed by atoms with van der Waals surface area (Å²) in [5, 5.41) is 1.10. The molecule has 4 rings (SSSR count). The molecule has 0 saturated carbocycles. The van der Waals surface area contributed by atoms with Crippen LogP contribution in [0.1, 0.15) is 12.8 Å². The van der Waals surface area contributed by atoms with Crippen molar-refractivity contribution in [3.63, 3.8) is 0 Å². The van der Waals surface area contributed by atoms with Crippen LogP contribution in [-0.2, 0) is 19.4 Å². The minimum atomic E-state index is -3.73. The van der Waals surface area contributed by atoms with Gasteiger partial charge in [0, 0.05) is 37.6 Å². The van der Waals surface area contributed by atoms with Crippen molar-refractivity contribution in [1.82, 2.24) is 9.88 Å². The molecular formula is C23H25ClFN3O4S2. The first-order chi connectivity index (χ1) is 16.3. The van der Waals surface area contributed by atoms with Gasteiger partial charge in [0.2, 0.25) is 5.91 Å². The lowest BCUT2D eigenvalue weighted by Gasteiger charge is -2.27. The highest BCUT2D eigenvalue weighted by Crippen LogP contribution is 2.31. The van der Waals surface area contributed by atoms with Gasteiger partial charge in [-0.2, -0.15) is 0 Å². The summed E-state index contributed by atoms with van der Waals surface area (Å²) < 4.78 is 44.7. The van der Waals surface area contributed by atoms with E-state index in [0.29, 0.717) is 36.3 Å². The zero-order valence-electron chi connectivity index (χ0n) is 18.5. The third-order valence-corrected chi connectivity index (χ3v) is 8.60. The highest BCUT2D eigenvalue weighted by molar-refractivity contribution is 7.91. The Balaban J connectivity index is 1.48. The van der Waals surface area contributed by atoms with E-state index in [4.69, 9.17) is 16.3 Å². The maximum Gasteiger partial charge on any atom is 0.229 e. The van der Waals surface area contributed by atoms with Gasteiger partial charge < -0.3 is 4.74 Å². The number of anilines is 1. The number of sulfone groups is 1. The first kappa shape index (κ1) is 25.0. The van der Waals surface area contributed by atoms with Gasteiger partial charge in [-0.15, -0.1) is 0 Å². The highest BCUT2D eigenvalue weighted by atomic mass is 35.5. The van der Waals surface area contributed by atoms with Gasteiger partial charge in [0.1, 0.15) is 5.82 Å². The quantitative estimate of drug-likeness (QED) is 0.393. The fourth-order valence-corrected chi connectivity index (χ4v) is 6.24. The zero-order chi connectivity index (χ0) is 24.1. The lowest BCUT2D eigenvalue weighted by atomic mass is 10.3. The van der Waals surface area contributed by atoms with Crippen LogP contribution >= 0.6 is 22.9 Å². The topological polar surface area (TPSA) is 79.8 Å². The Hall–Kier alpha value is -2.11. The first-order valence-electron chi connectivity index (χ1n) is 11.0. The predicted molar refractivity (Wildman–Crippen MR) is 132 cm³/mol. The van der Waals surface area contributed by atoms with Gasteiger partial charge >= 0.3 is 0 Å². The van der Waals surface area contributed by atoms with Gasteiger partial charge in [-0.3, -0.25) is 14.6 Å². The number of ether oxygens (including phenoxy) is 1. The van der Waals surface area contributed by atoms with Gasteiger partial charge in [-0.25, -0.2) is 17.8 Å².